The number of nitrogens with one attached hydrogen (secondary N) is 1. The third-order valence-electron chi connectivity index (χ3n) is 4.45. The van der Waals surface area contributed by atoms with Gasteiger partial charge in [0.1, 0.15) is 0 Å². The van der Waals surface area contributed by atoms with Crippen LogP contribution in [0.4, 0.5) is 0 Å². The Balaban J connectivity index is 0.000000161. The van der Waals surface area contributed by atoms with Gasteiger partial charge < -0.3 is 5.32 Å². The van der Waals surface area contributed by atoms with Crippen LogP contribution in [-0.2, 0) is 6.42 Å². The molecule has 0 aliphatic heterocycles. The van der Waals surface area contributed by atoms with Crippen molar-refractivity contribution in [1.29, 1.82) is 0 Å². The zero-order valence-corrected chi connectivity index (χ0v) is 13.6. The van der Waals surface area contributed by atoms with Crippen molar-refractivity contribution in [1.82, 2.24) is 5.32 Å². The van der Waals surface area contributed by atoms with Gasteiger partial charge in [0.2, 0.25) is 0 Å². The van der Waals surface area contributed by atoms with E-state index in [9.17, 15) is 0 Å². The maximum Gasteiger partial charge on any atom is 0.0258 e. The molecule has 2 aliphatic rings. The number of aryl methyl sites for hydroxylation is 1. The predicted molar refractivity (Wildman–Crippen MR) is 92.3 cm³/mol. The molecule has 2 aliphatic carbocycles. The van der Waals surface area contributed by atoms with E-state index in [1.165, 1.54) is 69.0 Å². The second-order valence-electron chi connectivity index (χ2n) is 6.51. The largest absolute Gasteiger partial charge is 0.386 e. The lowest BCUT2D eigenvalue weighted by Crippen LogP contribution is -2.30. The van der Waals surface area contributed by atoms with Crippen molar-refractivity contribution in [3.05, 3.63) is 48.2 Å². The van der Waals surface area contributed by atoms with Gasteiger partial charge in [0.05, 0.1) is 0 Å². The summed E-state index contributed by atoms with van der Waals surface area (Å²) in [4.78, 5) is 0. The Kier molecular flexibility index (Phi) is 6.85. The molecule has 0 aromatic heterocycles. The number of rotatable bonds is 5. The van der Waals surface area contributed by atoms with Crippen LogP contribution in [0, 0.1) is 5.92 Å². The van der Waals surface area contributed by atoms with Gasteiger partial charge in [-0.25, -0.2) is 0 Å². The molecule has 1 aromatic rings. The van der Waals surface area contributed by atoms with Crippen LogP contribution in [0.2, 0.25) is 0 Å². The fourth-order valence-corrected chi connectivity index (χ4v) is 2.99. The summed E-state index contributed by atoms with van der Waals surface area (Å²) >= 11 is 0. The molecule has 0 amide bonds. The van der Waals surface area contributed by atoms with Crippen LogP contribution < -0.4 is 5.32 Å². The van der Waals surface area contributed by atoms with Gasteiger partial charge in [-0.15, -0.1) is 0 Å². The van der Waals surface area contributed by atoms with Crippen molar-refractivity contribution in [3.8, 4) is 0 Å². The van der Waals surface area contributed by atoms with Crippen molar-refractivity contribution in [2.75, 3.05) is 0 Å². The molecular formula is C20H31N. The predicted octanol–water partition coefficient (Wildman–Crippen LogP) is 5.47. The van der Waals surface area contributed by atoms with Crippen LogP contribution in [0.25, 0.3) is 0 Å². The minimum Gasteiger partial charge on any atom is -0.386 e. The van der Waals surface area contributed by atoms with E-state index >= 15 is 0 Å². The van der Waals surface area contributed by atoms with Crippen LogP contribution in [0.15, 0.2) is 42.6 Å². The third kappa shape index (κ3) is 6.37. The number of hydrogen-bond acceptors (Lipinski definition) is 1. The van der Waals surface area contributed by atoms with E-state index in [-0.39, 0.29) is 0 Å². The molecule has 0 saturated heterocycles. The second kappa shape index (κ2) is 8.92. The minimum atomic E-state index is 0.756. The molecule has 0 radical (unpaired) electrons. The van der Waals surface area contributed by atoms with Crippen molar-refractivity contribution in [3.63, 3.8) is 0 Å². The smallest absolute Gasteiger partial charge is 0.0258 e. The SMILES string of the molecule is C=C(NC1CCCCC1)C1CC1.CCCc1ccccc1. The van der Waals surface area contributed by atoms with Gasteiger partial charge in [-0.05, 0) is 43.6 Å². The standard InChI is InChI=1S/C11H19N.C9H12/c1-9(10-7-8-10)12-11-5-3-2-4-6-11;1-2-6-9-7-4-3-5-8-9/h10-12H,1-8H2;3-5,7-8H,2,6H2,1H3. The minimum absolute atomic E-state index is 0.756. The maximum absolute atomic E-state index is 4.10. The van der Waals surface area contributed by atoms with Crippen molar-refractivity contribution >= 4 is 0 Å². The topological polar surface area (TPSA) is 12.0 Å². The van der Waals surface area contributed by atoms with Crippen molar-refractivity contribution in [2.45, 2.75) is 70.8 Å². The summed E-state index contributed by atoms with van der Waals surface area (Å²) in [5, 5.41) is 3.59. The summed E-state index contributed by atoms with van der Waals surface area (Å²) in [5.41, 5.74) is 2.77. The summed E-state index contributed by atoms with van der Waals surface area (Å²) in [6, 6.07) is 11.3. The highest BCUT2D eigenvalue weighted by molar-refractivity contribution is 5.14. The fraction of sp³-hybridized carbons (Fsp3) is 0.600. The highest BCUT2D eigenvalue weighted by Gasteiger charge is 2.26. The number of allylic oxidation sites excluding steroid dienone is 1. The average molecular weight is 285 g/mol. The molecule has 1 aromatic carbocycles. The lowest BCUT2D eigenvalue weighted by Gasteiger charge is -2.24. The molecular weight excluding hydrogens is 254 g/mol. The zero-order chi connectivity index (χ0) is 14.9. The Morgan fingerprint density at radius 3 is 2.29 bits per heavy atom. The molecule has 2 saturated carbocycles. The molecule has 21 heavy (non-hydrogen) atoms. The summed E-state index contributed by atoms with van der Waals surface area (Å²) < 4.78 is 0. The van der Waals surface area contributed by atoms with Crippen LogP contribution in [0.5, 0.6) is 0 Å². The molecule has 1 heteroatoms. The normalized spacial score (nSPS) is 18.5. The molecule has 0 heterocycles. The molecule has 0 unspecified atom stereocenters. The Morgan fingerprint density at radius 1 is 1.05 bits per heavy atom. The number of hydrogen-bond donors (Lipinski definition) is 1. The molecule has 3 rings (SSSR count). The first-order valence-electron chi connectivity index (χ1n) is 8.79. The lowest BCUT2D eigenvalue weighted by molar-refractivity contribution is 0.391. The van der Waals surface area contributed by atoms with E-state index in [0.717, 1.165) is 12.0 Å². The highest BCUT2D eigenvalue weighted by Crippen LogP contribution is 2.35. The Hall–Kier alpha value is -1.24. The zero-order valence-electron chi connectivity index (χ0n) is 13.6. The van der Waals surface area contributed by atoms with Gasteiger partial charge in [-0.2, -0.15) is 0 Å². The first-order chi connectivity index (χ1) is 10.3. The van der Waals surface area contributed by atoms with Crippen LogP contribution >= 0.6 is 0 Å². The number of benzene rings is 1. The summed E-state index contributed by atoms with van der Waals surface area (Å²) in [6.45, 7) is 6.30. The average Bonchev–Trinajstić information content (AvgIpc) is 3.35. The Morgan fingerprint density at radius 2 is 1.71 bits per heavy atom. The van der Waals surface area contributed by atoms with E-state index in [0.29, 0.717) is 0 Å². The maximum atomic E-state index is 4.10. The molecule has 0 atom stereocenters. The van der Waals surface area contributed by atoms with E-state index in [1.807, 2.05) is 0 Å². The van der Waals surface area contributed by atoms with Crippen molar-refractivity contribution in [2.24, 2.45) is 5.92 Å². The summed E-state index contributed by atoms with van der Waals surface area (Å²) in [7, 11) is 0. The second-order valence-corrected chi connectivity index (χ2v) is 6.51. The molecule has 1 nitrogen and oxygen atoms in total. The fourth-order valence-electron chi connectivity index (χ4n) is 2.99. The van der Waals surface area contributed by atoms with Crippen molar-refractivity contribution < 1.29 is 0 Å². The first-order valence-corrected chi connectivity index (χ1v) is 8.79. The van der Waals surface area contributed by atoms with Gasteiger partial charge >= 0.3 is 0 Å². The molecule has 116 valence electrons. The Labute approximate surface area is 130 Å². The third-order valence-corrected chi connectivity index (χ3v) is 4.45. The van der Waals surface area contributed by atoms with Gasteiger partial charge in [0.25, 0.3) is 0 Å². The van der Waals surface area contributed by atoms with E-state index in [4.69, 9.17) is 0 Å². The summed E-state index contributed by atoms with van der Waals surface area (Å²) in [6.07, 6.45) is 12.2. The summed E-state index contributed by atoms with van der Waals surface area (Å²) in [5.74, 6) is 0.826. The Bertz CT molecular complexity index is 399. The van der Waals surface area contributed by atoms with E-state index in [2.05, 4.69) is 49.2 Å². The van der Waals surface area contributed by atoms with Crippen LogP contribution in [0.3, 0.4) is 0 Å². The van der Waals surface area contributed by atoms with E-state index < -0.39 is 0 Å². The quantitative estimate of drug-likeness (QED) is 0.756. The van der Waals surface area contributed by atoms with Gasteiger partial charge in [0.15, 0.2) is 0 Å². The van der Waals surface area contributed by atoms with Crippen LogP contribution in [0.1, 0.15) is 63.9 Å². The first kappa shape index (κ1) is 16.1. The molecule has 0 spiro atoms. The van der Waals surface area contributed by atoms with Gasteiger partial charge in [0, 0.05) is 11.7 Å². The van der Waals surface area contributed by atoms with Gasteiger partial charge in [-0.1, -0.05) is 69.5 Å². The highest BCUT2D eigenvalue weighted by atomic mass is 14.9. The molecule has 0 bridgehead atoms. The lowest BCUT2D eigenvalue weighted by atomic mass is 9.95. The van der Waals surface area contributed by atoms with Crippen LogP contribution in [-0.4, -0.2) is 6.04 Å². The van der Waals surface area contributed by atoms with Gasteiger partial charge in [-0.3, -0.25) is 0 Å². The monoisotopic (exact) mass is 285 g/mol. The molecule has 1 N–H and O–H groups in total. The molecule has 2 fully saturated rings. The van der Waals surface area contributed by atoms with E-state index in [1.54, 1.807) is 0 Å².